The van der Waals surface area contributed by atoms with Crippen LogP contribution in [0.3, 0.4) is 0 Å². The number of likely N-dealkylation sites (N-methyl/N-ethyl adjacent to an activating group) is 1. The van der Waals surface area contributed by atoms with Crippen molar-refractivity contribution in [2.45, 2.75) is 33.2 Å². The summed E-state index contributed by atoms with van der Waals surface area (Å²) in [6.45, 7) is 9.74. The number of carbonyl (C=O) groups is 1. The first-order valence-electron chi connectivity index (χ1n) is 8.81. The summed E-state index contributed by atoms with van der Waals surface area (Å²) in [5, 5.41) is 3.43. The molecule has 0 radical (unpaired) electrons. The van der Waals surface area contributed by atoms with Gasteiger partial charge in [-0.15, -0.1) is 0 Å². The van der Waals surface area contributed by atoms with Crippen molar-refractivity contribution in [3.8, 4) is 0 Å². The van der Waals surface area contributed by atoms with E-state index < -0.39 is 0 Å². The van der Waals surface area contributed by atoms with Crippen molar-refractivity contribution in [2.75, 3.05) is 39.8 Å². The number of hydrogen-bond donors (Lipinski definition) is 1. The van der Waals surface area contributed by atoms with Gasteiger partial charge in [-0.05, 0) is 63.0 Å². The van der Waals surface area contributed by atoms with Gasteiger partial charge < -0.3 is 10.2 Å². The molecule has 1 N–H and O–H groups in total. The Morgan fingerprint density at radius 1 is 1.30 bits per heavy atom. The SMILES string of the molecule is CCNCC1CCN(CC(=O)N(C)Cc2ccccc2C)CC1. The summed E-state index contributed by atoms with van der Waals surface area (Å²) in [5.74, 6) is 0.990. The van der Waals surface area contributed by atoms with Crippen LogP contribution < -0.4 is 5.32 Å². The summed E-state index contributed by atoms with van der Waals surface area (Å²) in [7, 11) is 1.91. The van der Waals surface area contributed by atoms with E-state index in [9.17, 15) is 4.79 Å². The molecule has 1 fully saturated rings. The van der Waals surface area contributed by atoms with Crippen LogP contribution in [0.1, 0.15) is 30.9 Å². The van der Waals surface area contributed by atoms with Gasteiger partial charge in [0.05, 0.1) is 6.54 Å². The molecule has 0 aromatic heterocycles. The van der Waals surface area contributed by atoms with Crippen molar-refractivity contribution in [3.05, 3.63) is 35.4 Å². The number of nitrogens with zero attached hydrogens (tertiary/aromatic N) is 2. The summed E-state index contributed by atoms with van der Waals surface area (Å²) < 4.78 is 0. The fourth-order valence-corrected chi connectivity index (χ4v) is 3.14. The third kappa shape index (κ3) is 5.63. The lowest BCUT2D eigenvalue weighted by atomic mass is 9.97. The lowest BCUT2D eigenvalue weighted by molar-refractivity contribution is -0.132. The predicted octanol–water partition coefficient (Wildman–Crippen LogP) is 2.27. The van der Waals surface area contributed by atoms with Gasteiger partial charge in [-0.2, -0.15) is 0 Å². The number of benzene rings is 1. The minimum atomic E-state index is 0.221. The molecule has 2 rings (SSSR count). The van der Waals surface area contributed by atoms with Crippen LogP contribution in [0.4, 0.5) is 0 Å². The average Bonchev–Trinajstić information content (AvgIpc) is 2.56. The van der Waals surface area contributed by atoms with Gasteiger partial charge in [0.25, 0.3) is 0 Å². The van der Waals surface area contributed by atoms with E-state index in [2.05, 4.69) is 36.2 Å². The van der Waals surface area contributed by atoms with Gasteiger partial charge in [-0.25, -0.2) is 0 Å². The van der Waals surface area contributed by atoms with E-state index in [0.29, 0.717) is 13.1 Å². The Bertz CT molecular complexity index is 495. The zero-order valence-corrected chi connectivity index (χ0v) is 14.8. The molecule has 0 bridgehead atoms. The van der Waals surface area contributed by atoms with Crippen LogP contribution in [0.2, 0.25) is 0 Å². The summed E-state index contributed by atoms with van der Waals surface area (Å²) in [6.07, 6.45) is 2.39. The molecule has 1 aromatic carbocycles. The Labute approximate surface area is 140 Å². The molecule has 1 saturated heterocycles. The van der Waals surface area contributed by atoms with Gasteiger partial charge in [0, 0.05) is 13.6 Å². The second kappa shape index (κ2) is 9.04. The molecule has 4 nitrogen and oxygen atoms in total. The van der Waals surface area contributed by atoms with E-state index in [1.807, 2.05) is 24.1 Å². The molecule has 0 spiro atoms. The van der Waals surface area contributed by atoms with Gasteiger partial charge in [0.15, 0.2) is 0 Å². The van der Waals surface area contributed by atoms with Crippen molar-refractivity contribution < 1.29 is 4.79 Å². The number of likely N-dealkylation sites (tertiary alicyclic amines) is 1. The topological polar surface area (TPSA) is 35.6 Å². The molecule has 1 heterocycles. The second-order valence-electron chi connectivity index (χ2n) is 6.70. The van der Waals surface area contributed by atoms with E-state index in [1.165, 1.54) is 24.0 Å². The number of piperidine rings is 1. The first-order chi connectivity index (χ1) is 11.1. The molecule has 1 aromatic rings. The van der Waals surface area contributed by atoms with Crippen molar-refractivity contribution >= 4 is 5.91 Å². The zero-order valence-electron chi connectivity index (χ0n) is 14.8. The zero-order chi connectivity index (χ0) is 16.7. The molecule has 0 atom stereocenters. The third-order valence-corrected chi connectivity index (χ3v) is 4.84. The number of rotatable bonds is 7. The second-order valence-corrected chi connectivity index (χ2v) is 6.70. The Hall–Kier alpha value is -1.39. The van der Waals surface area contributed by atoms with Gasteiger partial charge in [0.2, 0.25) is 5.91 Å². The van der Waals surface area contributed by atoms with Crippen LogP contribution in [0.5, 0.6) is 0 Å². The largest absolute Gasteiger partial charge is 0.340 e. The Kier molecular flexibility index (Phi) is 7.06. The highest BCUT2D eigenvalue weighted by atomic mass is 16.2. The molecule has 128 valence electrons. The molecule has 4 heteroatoms. The van der Waals surface area contributed by atoms with Crippen molar-refractivity contribution in [3.63, 3.8) is 0 Å². The lowest BCUT2D eigenvalue weighted by Crippen LogP contribution is -2.43. The van der Waals surface area contributed by atoms with Crippen LogP contribution in [-0.2, 0) is 11.3 Å². The molecule has 1 aliphatic rings. The van der Waals surface area contributed by atoms with Crippen LogP contribution in [-0.4, -0.2) is 55.5 Å². The molecule has 1 aliphatic heterocycles. The van der Waals surface area contributed by atoms with E-state index >= 15 is 0 Å². The first kappa shape index (κ1) is 18.0. The Balaban J connectivity index is 1.75. The fourth-order valence-electron chi connectivity index (χ4n) is 3.14. The minimum absolute atomic E-state index is 0.221. The van der Waals surface area contributed by atoms with Crippen LogP contribution >= 0.6 is 0 Å². The Morgan fingerprint density at radius 3 is 2.65 bits per heavy atom. The third-order valence-electron chi connectivity index (χ3n) is 4.84. The summed E-state index contributed by atoms with van der Waals surface area (Å²) >= 11 is 0. The maximum Gasteiger partial charge on any atom is 0.236 e. The summed E-state index contributed by atoms with van der Waals surface area (Å²) in [6, 6.07) is 8.28. The van der Waals surface area contributed by atoms with Gasteiger partial charge >= 0.3 is 0 Å². The lowest BCUT2D eigenvalue weighted by Gasteiger charge is -2.32. The van der Waals surface area contributed by atoms with Crippen molar-refractivity contribution in [1.82, 2.24) is 15.1 Å². The summed E-state index contributed by atoms with van der Waals surface area (Å²) in [4.78, 5) is 16.6. The normalized spacial score (nSPS) is 16.5. The highest BCUT2D eigenvalue weighted by Crippen LogP contribution is 2.16. The first-order valence-corrected chi connectivity index (χ1v) is 8.81. The van der Waals surface area contributed by atoms with Gasteiger partial charge in [-0.3, -0.25) is 9.69 Å². The monoisotopic (exact) mass is 317 g/mol. The molecule has 1 amide bonds. The maximum absolute atomic E-state index is 12.5. The smallest absolute Gasteiger partial charge is 0.236 e. The van der Waals surface area contributed by atoms with E-state index in [0.717, 1.165) is 32.1 Å². The maximum atomic E-state index is 12.5. The number of hydrogen-bond acceptors (Lipinski definition) is 3. The molecule has 0 aliphatic carbocycles. The Morgan fingerprint density at radius 2 is 2.00 bits per heavy atom. The standard InChI is InChI=1S/C19H31N3O/c1-4-20-13-17-9-11-22(12-10-17)15-19(23)21(3)14-18-8-6-5-7-16(18)2/h5-8,17,20H,4,9-15H2,1-3H3. The molecular formula is C19H31N3O. The molecule has 23 heavy (non-hydrogen) atoms. The number of nitrogens with one attached hydrogen (secondary N) is 1. The number of carbonyl (C=O) groups excluding carboxylic acids is 1. The van der Waals surface area contributed by atoms with Gasteiger partial charge in [0.1, 0.15) is 0 Å². The highest BCUT2D eigenvalue weighted by Gasteiger charge is 2.21. The minimum Gasteiger partial charge on any atom is -0.340 e. The van der Waals surface area contributed by atoms with E-state index in [4.69, 9.17) is 0 Å². The molecule has 0 saturated carbocycles. The van der Waals surface area contributed by atoms with Crippen molar-refractivity contribution in [1.29, 1.82) is 0 Å². The van der Waals surface area contributed by atoms with Crippen molar-refractivity contribution in [2.24, 2.45) is 5.92 Å². The van der Waals surface area contributed by atoms with Crippen LogP contribution in [0, 0.1) is 12.8 Å². The molecular weight excluding hydrogens is 286 g/mol. The predicted molar refractivity (Wildman–Crippen MR) is 95.4 cm³/mol. The van der Waals surface area contributed by atoms with Crippen LogP contribution in [0.25, 0.3) is 0 Å². The number of aryl methyl sites for hydroxylation is 1. The van der Waals surface area contributed by atoms with Gasteiger partial charge in [-0.1, -0.05) is 31.2 Å². The highest BCUT2D eigenvalue weighted by molar-refractivity contribution is 5.78. The summed E-state index contributed by atoms with van der Waals surface area (Å²) in [5.41, 5.74) is 2.48. The average molecular weight is 317 g/mol. The van der Waals surface area contributed by atoms with E-state index in [1.54, 1.807) is 0 Å². The van der Waals surface area contributed by atoms with Crippen LogP contribution in [0.15, 0.2) is 24.3 Å². The quantitative estimate of drug-likeness (QED) is 0.838. The number of amides is 1. The molecule has 0 unspecified atom stereocenters. The van der Waals surface area contributed by atoms with E-state index in [-0.39, 0.29) is 5.91 Å². The fraction of sp³-hybridized carbons (Fsp3) is 0.632.